The van der Waals surface area contributed by atoms with Gasteiger partial charge in [0, 0.05) is 47.0 Å². The summed E-state index contributed by atoms with van der Waals surface area (Å²) in [5.74, 6) is -2.84. The predicted molar refractivity (Wildman–Crippen MR) is 168 cm³/mol. The Morgan fingerprint density at radius 3 is 1.98 bits per heavy atom. The molecule has 5 atom stereocenters. The lowest BCUT2D eigenvalue weighted by molar-refractivity contribution is -0.142. The third kappa shape index (κ3) is 6.94. The van der Waals surface area contributed by atoms with E-state index in [0.717, 1.165) is 45.9 Å². The topological polar surface area (TPSA) is 168 Å². The Morgan fingerprint density at radius 1 is 0.841 bits per heavy atom. The molecule has 0 bridgehead atoms. The smallest absolute Gasteiger partial charge is 0.326 e. The van der Waals surface area contributed by atoms with Crippen LogP contribution >= 0.6 is 0 Å². The number of hydrogen-bond donors (Lipinski definition) is 7. The SMILES string of the molecule is CCC(C)C(NC(=O)C(Cc1c[nH]c2ccccc12)NC(=O)C1CCCN1)C(=O)NC(Cc1c[nH]c2ccccc12)C(=O)O. The number of amides is 3. The van der Waals surface area contributed by atoms with Crippen LogP contribution in [0, 0.1) is 5.92 Å². The molecule has 0 saturated carbocycles. The number of H-pyrrole nitrogens is 2. The van der Waals surface area contributed by atoms with Crippen molar-refractivity contribution in [1.29, 1.82) is 0 Å². The van der Waals surface area contributed by atoms with Crippen LogP contribution in [-0.4, -0.2) is 69.5 Å². The summed E-state index contributed by atoms with van der Waals surface area (Å²) < 4.78 is 0. The van der Waals surface area contributed by atoms with E-state index < -0.39 is 35.9 Å². The number of carboxylic acids is 1. The summed E-state index contributed by atoms with van der Waals surface area (Å²) >= 11 is 0. The Kier molecular flexibility index (Phi) is 9.64. The van der Waals surface area contributed by atoms with Gasteiger partial charge in [0.1, 0.15) is 18.1 Å². The molecule has 5 unspecified atom stereocenters. The van der Waals surface area contributed by atoms with Crippen LogP contribution in [0.15, 0.2) is 60.9 Å². The number of carbonyl (C=O) groups is 4. The molecule has 1 saturated heterocycles. The van der Waals surface area contributed by atoms with Gasteiger partial charge in [-0.1, -0.05) is 56.7 Å². The summed E-state index contributed by atoms with van der Waals surface area (Å²) in [4.78, 5) is 59.2. The Hall–Kier alpha value is -4.64. The van der Waals surface area contributed by atoms with Crippen LogP contribution < -0.4 is 21.3 Å². The number of carboxylic acid groups (broad SMARTS) is 1. The third-order valence-electron chi connectivity index (χ3n) is 8.62. The van der Waals surface area contributed by atoms with Gasteiger partial charge in [0.05, 0.1) is 6.04 Å². The number of para-hydroxylation sites is 2. The summed E-state index contributed by atoms with van der Waals surface area (Å²) in [7, 11) is 0. The molecule has 3 heterocycles. The van der Waals surface area contributed by atoms with Gasteiger partial charge in [0.15, 0.2) is 0 Å². The van der Waals surface area contributed by atoms with Crippen molar-refractivity contribution in [2.24, 2.45) is 5.92 Å². The standard InChI is InChI=1S/C33H40N6O5/c1-3-19(2)29(32(42)38-28(33(43)44)16-21-18-36-25-12-7-5-10-23(21)25)39-31(41)27(37-30(40)26-13-8-14-34-26)15-20-17-35-24-11-6-4-9-22(20)24/h4-7,9-12,17-19,26-29,34-36H,3,8,13-16H2,1-2H3,(H,37,40)(H,38,42)(H,39,41)(H,43,44). The zero-order chi connectivity index (χ0) is 31.2. The number of nitrogens with one attached hydrogen (secondary N) is 6. The largest absolute Gasteiger partial charge is 0.480 e. The second kappa shape index (κ2) is 13.8. The van der Waals surface area contributed by atoms with Crippen molar-refractivity contribution in [3.05, 3.63) is 72.1 Å². The number of carbonyl (C=O) groups excluding carboxylic acids is 3. The second-order valence-corrected chi connectivity index (χ2v) is 11.6. The monoisotopic (exact) mass is 600 g/mol. The van der Waals surface area contributed by atoms with Gasteiger partial charge in [-0.3, -0.25) is 14.4 Å². The quantitative estimate of drug-likeness (QED) is 0.125. The Bertz CT molecular complexity index is 1640. The third-order valence-corrected chi connectivity index (χ3v) is 8.62. The van der Waals surface area contributed by atoms with Crippen molar-refractivity contribution in [3.63, 3.8) is 0 Å². The van der Waals surface area contributed by atoms with E-state index in [-0.39, 0.29) is 30.7 Å². The van der Waals surface area contributed by atoms with Crippen LogP contribution in [0.2, 0.25) is 0 Å². The summed E-state index contributed by atoms with van der Waals surface area (Å²) in [6.07, 6.45) is 5.96. The lowest BCUT2D eigenvalue weighted by Crippen LogP contribution is -2.59. The first-order valence-corrected chi connectivity index (χ1v) is 15.2. The van der Waals surface area contributed by atoms with Gasteiger partial charge in [-0.05, 0) is 48.6 Å². The molecule has 1 aliphatic rings. The average molecular weight is 601 g/mol. The molecular formula is C33H40N6O5. The molecule has 11 nitrogen and oxygen atoms in total. The number of aromatic amines is 2. The highest BCUT2D eigenvalue weighted by Gasteiger charge is 2.34. The van der Waals surface area contributed by atoms with E-state index in [1.165, 1.54) is 0 Å². The number of hydrogen-bond acceptors (Lipinski definition) is 5. The average Bonchev–Trinajstić information content (AvgIpc) is 3.80. The van der Waals surface area contributed by atoms with E-state index in [2.05, 4.69) is 31.2 Å². The van der Waals surface area contributed by atoms with Crippen molar-refractivity contribution in [2.75, 3.05) is 6.54 Å². The number of fused-ring (bicyclic) bond motifs is 2. The Balaban J connectivity index is 1.34. The van der Waals surface area contributed by atoms with Gasteiger partial charge in [-0.2, -0.15) is 0 Å². The molecule has 0 radical (unpaired) electrons. The van der Waals surface area contributed by atoms with Gasteiger partial charge in [0.2, 0.25) is 17.7 Å². The van der Waals surface area contributed by atoms with E-state index in [9.17, 15) is 24.3 Å². The van der Waals surface area contributed by atoms with Gasteiger partial charge in [0.25, 0.3) is 0 Å². The molecule has 11 heteroatoms. The van der Waals surface area contributed by atoms with Crippen LogP contribution in [0.1, 0.15) is 44.2 Å². The normalized spacial score (nSPS) is 17.5. The minimum Gasteiger partial charge on any atom is -0.480 e. The first-order valence-electron chi connectivity index (χ1n) is 15.2. The highest BCUT2D eigenvalue weighted by molar-refractivity contribution is 5.95. The zero-order valence-electron chi connectivity index (χ0n) is 25.0. The van der Waals surface area contributed by atoms with E-state index in [0.29, 0.717) is 12.8 Å². The summed E-state index contributed by atoms with van der Waals surface area (Å²) in [6.45, 7) is 4.46. The van der Waals surface area contributed by atoms with Crippen LogP contribution in [0.3, 0.4) is 0 Å². The van der Waals surface area contributed by atoms with Crippen molar-refractivity contribution < 1.29 is 24.3 Å². The summed E-state index contributed by atoms with van der Waals surface area (Å²) in [5.41, 5.74) is 3.41. The van der Waals surface area contributed by atoms with Crippen LogP contribution in [-0.2, 0) is 32.0 Å². The van der Waals surface area contributed by atoms with Crippen molar-refractivity contribution >= 4 is 45.5 Å². The molecule has 2 aromatic heterocycles. The first-order chi connectivity index (χ1) is 21.2. The molecule has 7 N–H and O–H groups in total. The number of aromatic nitrogens is 2. The molecule has 3 amide bonds. The van der Waals surface area contributed by atoms with Crippen molar-refractivity contribution in [3.8, 4) is 0 Å². The lowest BCUT2D eigenvalue weighted by Gasteiger charge is -2.28. The van der Waals surface area contributed by atoms with Crippen molar-refractivity contribution in [1.82, 2.24) is 31.2 Å². The Morgan fingerprint density at radius 2 is 1.43 bits per heavy atom. The number of aliphatic carboxylic acids is 1. The van der Waals surface area contributed by atoms with Crippen molar-refractivity contribution in [2.45, 2.75) is 70.1 Å². The van der Waals surface area contributed by atoms with Gasteiger partial charge >= 0.3 is 5.97 Å². The molecule has 1 aliphatic heterocycles. The molecule has 1 fully saturated rings. The predicted octanol–water partition coefficient (Wildman–Crippen LogP) is 2.77. The second-order valence-electron chi connectivity index (χ2n) is 11.6. The Labute approximate surface area is 255 Å². The van der Waals surface area contributed by atoms with E-state index in [1.54, 1.807) is 6.20 Å². The first kappa shape index (κ1) is 30.8. The van der Waals surface area contributed by atoms with Crippen LogP contribution in [0.5, 0.6) is 0 Å². The molecule has 0 aliphatic carbocycles. The zero-order valence-corrected chi connectivity index (χ0v) is 25.0. The molecule has 232 valence electrons. The molecular weight excluding hydrogens is 560 g/mol. The van der Waals surface area contributed by atoms with E-state index >= 15 is 0 Å². The lowest BCUT2D eigenvalue weighted by atomic mass is 9.96. The van der Waals surface area contributed by atoms with Gasteiger partial charge in [-0.15, -0.1) is 0 Å². The summed E-state index contributed by atoms with van der Waals surface area (Å²) in [6, 6.07) is 11.7. The minimum atomic E-state index is -1.21. The fraction of sp³-hybridized carbons (Fsp3) is 0.394. The molecule has 2 aromatic carbocycles. The van der Waals surface area contributed by atoms with Crippen LogP contribution in [0.4, 0.5) is 0 Å². The van der Waals surface area contributed by atoms with E-state index in [1.807, 2.05) is 68.6 Å². The van der Waals surface area contributed by atoms with E-state index in [4.69, 9.17) is 0 Å². The highest BCUT2D eigenvalue weighted by atomic mass is 16.4. The number of benzene rings is 2. The maximum atomic E-state index is 13.9. The molecule has 5 rings (SSSR count). The summed E-state index contributed by atoms with van der Waals surface area (Å²) in [5, 5.41) is 23.4. The maximum Gasteiger partial charge on any atom is 0.326 e. The molecule has 4 aromatic rings. The van der Waals surface area contributed by atoms with Gasteiger partial charge < -0.3 is 36.3 Å². The fourth-order valence-corrected chi connectivity index (χ4v) is 5.85. The van der Waals surface area contributed by atoms with Crippen LogP contribution in [0.25, 0.3) is 21.8 Å². The van der Waals surface area contributed by atoms with Gasteiger partial charge in [-0.25, -0.2) is 4.79 Å². The number of rotatable bonds is 13. The fourth-order valence-electron chi connectivity index (χ4n) is 5.85. The molecule has 0 spiro atoms. The minimum absolute atomic E-state index is 0.0693. The molecule has 44 heavy (non-hydrogen) atoms. The highest BCUT2D eigenvalue weighted by Crippen LogP contribution is 2.21. The maximum absolute atomic E-state index is 13.9.